The summed E-state index contributed by atoms with van der Waals surface area (Å²) in [6.07, 6.45) is 7.56. The molecule has 0 aromatic carbocycles. The van der Waals surface area contributed by atoms with Crippen LogP contribution in [0.2, 0.25) is 0 Å². The Balaban J connectivity index is 2.50. The standard InChI is InChI=1S/C14H27NO/c1-4-6-11-15(12(3)5-2)13-7-9-14(16)10-8-13/h12-13H,4-11H2,1-3H3. The number of unbranched alkanes of at least 4 members (excludes halogenated alkanes) is 1. The minimum absolute atomic E-state index is 0.468. The number of ketones is 1. The van der Waals surface area contributed by atoms with Gasteiger partial charge in [0.05, 0.1) is 0 Å². The summed E-state index contributed by atoms with van der Waals surface area (Å²) in [5, 5.41) is 0. The van der Waals surface area contributed by atoms with Gasteiger partial charge in [0.25, 0.3) is 0 Å². The van der Waals surface area contributed by atoms with Gasteiger partial charge >= 0.3 is 0 Å². The Morgan fingerprint density at radius 3 is 2.44 bits per heavy atom. The minimum atomic E-state index is 0.468. The van der Waals surface area contributed by atoms with E-state index in [1.54, 1.807) is 0 Å². The van der Waals surface area contributed by atoms with Gasteiger partial charge in [-0.3, -0.25) is 9.69 Å². The van der Waals surface area contributed by atoms with Gasteiger partial charge in [0.2, 0.25) is 0 Å². The van der Waals surface area contributed by atoms with E-state index in [1.165, 1.54) is 25.8 Å². The van der Waals surface area contributed by atoms with E-state index in [4.69, 9.17) is 0 Å². The fraction of sp³-hybridized carbons (Fsp3) is 0.929. The quantitative estimate of drug-likeness (QED) is 0.690. The van der Waals surface area contributed by atoms with Crippen LogP contribution in [0.1, 0.15) is 65.7 Å². The van der Waals surface area contributed by atoms with E-state index in [0.717, 1.165) is 25.7 Å². The van der Waals surface area contributed by atoms with E-state index < -0.39 is 0 Å². The number of Topliss-reactive ketones (excluding diaryl/α,β-unsaturated/α-hetero) is 1. The lowest BCUT2D eigenvalue weighted by molar-refractivity contribution is -0.121. The molecule has 0 heterocycles. The number of rotatable bonds is 6. The van der Waals surface area contributed by atoms with Gasteiger partial charge in [0, 0.05) is 24.9 Å². The molecule has 1 aliphatic carbocycles. The van der Waals surface area contributed by atoms with Crippen molar-refractivity contribution in [3.63, 3.8) is 0 Å². The van der Waals surface area contributed by atoms with Crippen LogP contribution in [0.15, 0.2) is 0 Å². The van der Waals surface area contributed by atoms with Crippen LogP contribution < -0.4 is 0 Å². The van der Waals surface area contributed by atoms with Crippen molar-refractivity contribution in [1.29, 1.82) is 0 Å². The highest BCUT2D eigenvalue weighted by Crippen LogP contribution is 2.23. The van der Waals surface area contributed by atoms with Crippen molar-refractivity contribution in [1.82, 2.24) is 4.90 Å². The molecule has 0 bridgehead atoms. The highest BCUT2D eigenvalue weighted by Gasteiger charge is 2.26. The normalized spacial score (nSPS) is 20.4. The Bertz CT molecular complexity index is 205. The largest absolute Gasteiger partial charge is 0.300 e. The van der Waals surface area contributed by atoms with Crippen molar-refractivity contribution in [2.24, 2.45) is 0 Å². The highest BCUT2D eigenvalue weighted by molar-refractivity contribution is 5.79. The number of hydrogen-bond acceptors (Lipinski definition) is 2. The second-order valence-corrected chi connectivity index (χ2v) is 5.12. The van der Waals surface area contributed by atoms with Gasteiger partial charge in [-0.1, -0.05) is 20.3 Å². The van der Waals surface area contributed by atoms with Crippen molar-refractivity contribution < 1.29 is 4.79 Å². The number of carbonyl (C=O) groups is 1. The van der Waals surface area contributed by atoms with Gasteiger partial charge in [0.15, 0.2) is 0 Å². The van der Waals surface area contributed by atoms with E-state index in [-0.39, 0.29) is 0 Å². The van der Waals surface area contributed by atoms with E-state index in [2.05, 4.69) is 25.7 Å². The molecular weight excluding hydrogens is 198 g/mol. The van der Waals surface area contributed by atoms with Crippen LogP contribution in [0.3, 0.4) is 0 Å². The van der Waals surface area contributed by atoms with Crippen molar-refractivity contribution in [3.05, 3.63) is 0 Å². The van der Waals surface area contributed by atoms with Gasteiger partial charge < -0.3 is 0 Å². The molecule has 1 atom stereocenters. The first-order valence-electron chi connectivity index (χ1n) is 6.96. The lowest BCUT2D eigenvalue weighted by Crippen LogP contribution is -2.44. The van der Waals surface area contributed by atoms with Crippen LogP contribution in [0.5, 0.6) is 0 Å². The third kappa shape index (κ3) is 3.89. The number of hydrogen-bond donors (Lipinski definition) is 0. The van der Waals surface area contributed by atoms with Gasteiger partial charge in [-0.05, 0) is 39.2 Å². The first kappa shape index (κ1) is 13.7. The van der Waals surface area contributed by atoms with Gasteiger partial charge in [0.1, 0.15) is 5.78 Å². The summed E-state index contributed by atoms with van der Waals surface area (Å²) >= 11 is 0. The zero-order chi connectivity index (χ0) is 12.0. The van der Waals surface area contributed by atoms with Crippen molar-refractivity contribution in [2.75, 3.05) is 6.54 Å². The van der Waals surface area contributed by atoms with E-state index >= 15 is 0 Å². The summed E-state index contributed by atoms with van der Waals surface area (Å²) in [4.78, 5) is 13.9. The lowest BCUT2D eigenvalue weighted by Gasteiger charge is -2.38. The molecule has 2 nitrogen and oxygen atoms in total. The molecule has 2 heteroatoms. The van der Waals surface area contributed by atoms with E-state index in [9.17, 15) is 4.79 Å². The highest BCUT2D eigenvalue weighted by atomic mass is 16.1. The fourth-order valence-electron chi connectivity index (χ4n) is 2.59. The maximum atomic E-state index is 11.3. The molecule has 1 saturated carbocycles. The van der Waals surface area contributed by atoms with Gasteiger partial charge in [-0.2, -0.15) is 0 Å². The van der Waals surface area contributed by atoms with E-state index in [0.29, 0.717) is 17.9 Å². The maximum Gasteiger partial charge on any atom is 0.133 e. The average Bonchev–Trinajstić information content (AvgIpc) is 2.31. The predicted molar refractivity (Wildman–Crippen MR) is 68.6 cm³/mol. The van der Waals surface area contributed by atoms with Crippen LogP contribution in [-0.4, -0.2) is 29.3 Å². The second kappa shape index (κ2) is 7.05. The molecule has 0 spiro atoms. The smallest absolute Gasteiger partial charge is 0.133 e. The Labute approximate surface area is 100 Å². The monoisotopic (exact) mass is 225 g/mol. The summed E-state index contributed by atoms with van der Waals surface area (Å²) in [6.45, 7) is 8.05. The van der Waals surface area contributed by atoms with Crippen LogP contribution in [0.25, 0.3) is 0 Å². The number of carbonyl (C=O) groups excluding carboxylic acids is 1. The summed E-state index contributed by atoms with van der Waals surface area (Å²) in [6, 6.07) is 1.34. The summed E-state index contributed by atoms with van der Waals surface area (Å²) < 4.78 is 0. The molecular formula is C14H27NO. The van der Waals surface area contributed by atoms with Crippen molar-refractivity contribution >= 4 is 5.78 Å². The van der Waals surface area contributed by atoms with Gasteiger partial charge in [-0.25, -0.2) is 0 Å². The molecule has 1 aliphatic rings. The van der Waals surface area contributed by atoms with Crippen LogP contribution in [0.4, 0.5) is 0 Å². The Morgan fingerprint density at radius 2 is 1.94 bits per heavy atom. The Morgan fingerprint density at radius 1 is 1.31 bits per heavy atom. The average molecular weight is 225 g/mol. The van der Waals surface area contributed by atoms with Crippen molar-refractivity contribution in [3.8, 4) is 0 Å². The molecule has 1 rings (SSSR count). The first-order chi connectivity index (χ1) is 7.69. The molecule has 0 aliphatic heterocycles. The van der Waals surface area contributed by atoms with E-state index in [1.807, 2.05) is 0 Å². The first-order valence-corrected chi connectivity index (χ1v) is 6.96. The fourth-order valence-corrected chi connectivity index (χ4v) is 2.59. The molecule has 0 amide bonds. The molecule has 0 aromatic heterocycles. The molecule has 0 aromatic rings. The molecule has 0 N–H and O–H groups in total. The van der Waals surface area contributed by atoms with Crippen LogP contribution in [0, 0.1) is 0 Å². The molecule has 1 unspecified atom stereocenters. The van der Waals surface area contributed by atoms with Gasteiger partial charge in [-0.15, -0.1) is 0 Å². The van der Waals surface area contributed by atoms with Crippen LogP contribution >= 0.6 is 0 Å². The Hall–Kier alpha value is -0.370. The molecule has 0 saturated heterocycles. The third-order valence-electron chi connectivity index (χ3n) is 3.91. The Kier molecular flexibility index (Phi) is 6.04. The lowest BCUT2D eigenvalue weighted by atomic mass is 9.92. The number of nitrogens with zero attached hydrogens (tertiary/aromatic N) is 1. The SMILES string of the molecule is CCCCN(C(C)CC)C1CCC(=O)CC1. The predicted octanol–water partition coefficient (Wildman–Crippen LogP) is 3.40. The topological polar surface area (TPSA) is 20.3 Å². The summed E-state index contributed by atoms with van der Waals surface area (Å²) in [5.41, 5.74) is 0. The third-order valence-corrected chi connectivity index (χ3v) is 3.91. The second-order valence-electron chi connectivity index (χ2n) is 5.12. The zero-order valence-electron chi connectivity index (χ0n) is 11.2. The molecule has 94 valence electrons. The van der Waals surface area contributed by atoms with Crippen LogP contribution in [-0.2, 0) is 4.79 Å². The maximum absolute atomic E-state index is 11.3. The molecule has 0 radical (unpaired) electrons. The summed E-state index contributed by atoms with van der Waals surface area (Å²) in [5.74, 6) is 0.468. The minimum Gasteiger partial charge on any atom is -0.300 e. The van der Waals surface area contributed by atoms with Crippen molar-refractivity contribution in [2.45, 2.75) is 77.8 Å². The zero-order valence-corrected chi connectivity index (χ0v) is 11.2. The molecule has 1 fully saturated rings. The molecule has 16 heavy (non-hydrogen) atoms. The summed E-state index contributed by atoms with van der Waals surface area (Å²) in [7, 11) is 0.